The molecule has 0 bridgehead atoms. The lowest BCUT2D eigenvalue weighted by molar-refractivity contribution is 0.225. The van der Waals surface area contributed by atoms with Crippen LogP contribution in [0.5, 0.6) is 0 Å². The van der Waals surface area contributed by atoms with Crippen LogP contribution in [0.3, 0.4) is 0 Å². The van der Waals surface area contributed by atoms with Crippen LogP contribution in [0.15, 0.2) is 65.7 Å². The van der Waals surface area contributed by atoms with Crippen molar-refractivity contribution < 1.29 is 0 Å². The first-order valence-electron chi connectivity index (χ1n) is 13.2. The highest BCUT2D eigenvalue weighted by Gasteiger charge is 2.25. The van der Waals surface area contributed by atoms with E-state index >= 15 is 0 Å². The summed E-state index contributed by atoms with van der Waals surface area (Å²) in [6, 6.07) is 17.2. The van der Waals surface area contributed by atoms with Gasteiger partial charge in [-0.25, -0.2) is 0 Å². The van der Waals surface area contributed by atoms with Crippen molar-refractivity contribution in [2.24, 2.45) is 17.8 Å². The van der Waals surface area contributed by atoms with Crippen LogP contribution >= 0.6 is 15.9 Å². The Bertz CT molecular complexity index is 911. The Kier molecular flexibility index (Phi) is 9.31. The third kappa shape index (κ3) is 7.61. The Morgan fingerprint density at radius 1 is 0.667 bits per heavy atom. The normalized spacial score (nSPS) is 25.1. The van der Waals surface area contributed by atoms with Crippen LogP contribution in [-0.4, -0.2) is 0 Å². The minimum Gasteiger partial charge on any atom is -0.103 e. The van der Waals surface area contributed by atoms with Crippen molar-refractivity contribution in [1.29, 1.82) is 0 Å². The number of rotatable bonds is 7. The molecule has 33 heavy (non-hydrogen) atoms. The zero-order valence-corrected chi connectivity index (χ0v) is 21.7. The lowest BCUT2D eigenvalue weighted by Crippen LogP contribution is -2.17. The summed E-state index contributed by atoms with van der Waals surface area (Å²) in [5, 5.41) is 0. The first-order valence-corrected chi connectivity index (χ1v) is 14.0. The highest BCUT2D eigenvalue weighted by Crippen LogP contribution is 2.40. The van der Waals surface area contributed by atoms with Gasteiger partial charge in [0, 0.05) is 15.6 Å². The SMILES string of the molecule is C=CCCC1CCC(CCC2CCC(c3ccc(C#Cc4ccc(Br)cc4)cc3)CC2)CC1. The number of hydrogen-bond acceptors (Lipinski definition) is 0. The van der Waals surface area contributed by atoms with Gasteiger partial charge in [-0.05, 0) is 104 Å². The van der Waals surface area contributed by atoms with E-state index in [-0.39, 0.29) is 0 Å². The van der Waals surface area contributed by atoms with Crippen LogP contribution in [0.2, 0.25) is 0 Å². The summed E-state index contributed by atoms with van der Waals surface area (Å²) < 4.78 is 1.09. The quantitative estimate of drug-likeness (QED) is 0.261. The van der Waals surface area contributed by atoms with E-state index in [9.17, 15) is 0 Å². The van der Waals surface area contributed by atoms with E-state index in [0.29, 0.717) is 0 Å². The predicted molar refractivity (Wildman–Crippen MR) is 145 cm³/mol. The zero-order valence-electron chi connectivity index (χ0n) is 20.1. The van der Waals surface area contributed by atoms with E-state index in [2.05, 4.69) is 76.8 Å². The monoisotopic (exact) mass is 502 g/mol. The van der Waals surface area contributed by atoms with Crippen LogP contribution in [-0.2, 0) is 0 Å². The molecule has 4 rings (SSSR count). The summed E-state index contributed by atoms with van der Waals surface area (Å²) in [7, 11) is 0. The molecule has 0 aliphatic heterocycles. The molecule has 0 aromatic heterocycles. The molecule has 2 fully saturated rings. The molecule has 0 unspecified atom stereocenters. The largest absolute Gasteiger partial charge is 0.103 e. The lowest BCUT2D eigenvalue weighted by Gasteiger charge is -2.32. The van der Waals surface area contributed by atoms with Crippen molar-refractivity contribution in [3.63, 3.8) is 0 Å². The number of allylic oxidation sites excluding steroid dienone is 1. The summed E-state index contributed by atoms with van der Waals surface area (Å²) in [5.41, 5.74) is 3.68. The van der Waals surface area contributed by atoms with E-state index in [0.717, 1.165) is 39.3 Å². The second kappa shape index (κ2) is 12.6. The first kappa shape index (κ1) is 24.3. The van der Waals surface area contributed by atoms with Gasteiger partial charge in [-0.2, -0.15) is 0 Å². The maximum atomic E-state index is 3.88. The molecule has 2 saturated carbocycles. The van der Waals surface area contributed by atoms with Crippen molar-refractivity contribution in [2.75, 3.05) is 0 Å². The highest BCUT2D eigenvalue weighted by atomic mass is 79.9. The Hall–Kier alpha value is -1.78. The molecule has 1 heteroatoms. The Labute approximate surface area is 210 Å². The fourth-order valence-corrected chi connectivity index (χ4v) is 6.20. The van der Waals surface area contributed by atoms with Gasteiger partial charge in [-0.3, -0.25) is 0 Å². The van der Waals surface area contributed by atoms with Crippen molar-refractivity contribution in [3.05, 3.63) is 82.3 Å². The van der Waals surface area contributed by atoms with Crippen molar-refractivity contribution in [1.82, 2.24) is 0 Å². The summed E-state index contributed by atoms with van der Waals surface area (Å²) in [6.45, 7) is 3.88. The van der Waals surface area contributed by atoms with Gasteiger partial charge in [0.15, 0.2) is 0 Å². The molecular formula is C32H39Br. The molecular weight excluding hydrogens is 464 g/mol. The molecule has 0 heterocycles. The van der Waals surface area contributed by atoms with Gasteiger partial charge >= 0.3 is 0 Å². The first-order chi connectivity index (χ1) is 16.2. The van der Waals surface area contributed by atoms with Crippen molar-refractivity contribution in [3.8, 4) is 11.8 Å². The summed E-state index contributed by atoms with van der Waals surface area (Å²) in [4.78, 5) is 0. The average Bonchev–Trinajstić information content (AvgIpc) is 2.87. The maximum Gasteiger partial charge on any atom is 0.0249 e. The van der Waals surface area contributed by atoms with Crippen molar-refractivity contribution in [2.45, 2.75) is 83.0 Å². The maximum absolute atomic E-state index is 3.88. The number of halogens is 1. The molecule has 0 radical (unpaired) electrons. The predicted octanol–water partition coefficient (Wildman–Crippen LogP) is 9.68. The van der Waals surface area contributed by atoms with Crippen LogP contribution in [0.1, 0.15) is 99.7 Å². The van der Waals surface area contributed by atoms with Crippen LogP contribution in [0.25, 0.3) is 0 Å². The van der Waals surface area contributed by atoms with E-state index in [1.807, 2.05) is 12.1 Å². The van der Waals surface area contributed by atoms with Crippen LogP contribution in [0.4, 0.5) is 0 Å². The number of benzene rings is 2. The molecule has 2 aromatic rings. The molecule has 0 nitrogen and oxygen atoms in total. The fourth-order valence-electron chi connectivity index (χ4n) is 5.93. The lowest BCUT2D eigenvalue weighted by atomic mass is 9.74. The van der Waals surface area contributed by atoms with E-state index in [4.69, 9.17) is 0 Å². The molecule has 0 N–H and O–H groups in total. The summed E-state index contributed by atoms with van der Waals surface area (Å²) in [6.07, 6.45) is 19.1. The molecule has 0 amide bonds. The van der Waals surface area contributed by atoms with Crippen LogP contribution < -0.4 is 0 Å². The molecule has 174 valence electrons. The van der Waals surface area contributed by atoms with Crippen LogP contribution in [0, 0.1) is 29.6 Å². The third-order valence-electron chi connectivity index (χ3n) is 8.15. The Morgan fingerprint density at radius 3 is 1.64 bits per heavy atom. The standard InChI is InChI=1S/C32H39Br/c1-2-3-4-25-5-7-26(8-6-25)9-10-27-13-19-30(20-14-27)31-21-15-28(16-22-31)11-12-29-17-23-32(33)24-18-29/h2,15-18,21-27,30H,1,3-10,13-14,19-20H2. The third-order valence-corrected chi connectivity index (χ3v) is 8.68. The van der Waals surface area contributed by atoms with Crippen molar-refractivity contribution >= 4 is 15.9 Å². The van der Waals surface area contributed by atoms with E-state index in [1.54, 1.807) is 0 Å². The van der Waals surface area contributed by atoms with E-state index in [1.165, 1.54) is 82.6 Å². The summed E-state index contributed by atoms with van der Waals surface area (Å²) in [5.74, 6) is 10.3. The average molecular weight is 504 g/mol. The van der Waals surface area contributed by atoms with E-state index < -0.39 is 0 Å². The molecule has 0 spiro atoms. The Morgan fingerprint density at radius 2 is 1.12 bits per heavy atom. The van der Waals surface area contributed by atoms with Gasteiger partial charge in [0.2, 0.25) is 0 Å². The molecule has 0 saturated heterocycles. The topological polar surface area (TPSA) is 0 Å². The Balaban J connectivity index is 1.18. The van der Waals surface area contributed by atoms with Gasteiger partial charge in [-0.15, -0.1) is 6.58 Å². The second-order valence-electron chi connectivity index (χ2n) is 10.4. The fraction of sp³-hybridized carbons (Fsp3) is 0.500. The minimum absolute atomic E-state index is 0.745. The smallest absolute Gasteiger partial charge is 0.0249 e. The molecule has 2 aliphatic carbocycles. The molecule has 2 aromatic carbocycles. The summed E-state index contributed by atoms with van der Waals surface area (Å²) >= 11 is 3.48. The van der Waals surface area contributed by atoms with Gasteiger partial charge in [0.05, 0.1) is 0 Å². The van der Waals surface area contributed by atoms with Gasteiger partial charge in [-0.1, -0.05) is 84.5 Å². The highest BCUT2D eigenvalue weighted by molar-refractivity contribution is 9.10. The number of hydrogen-bond donors (Lipinski definition) is 0. The second-order valence-corrected chi connectivity index (χ2v) is 11.3. The van der Waals surface area contributed by atoms with Gasteiger partial charge in [0.25, 0.3) is 0 Å². The van der Waals surface area contributed by atoms with Gasteiger partial charge < -0.3 is 0 Å². The zero-order chi connectivity index (χ0) is 22.9. The minimum atomic E-state index is 0.745. The van der Waals surface area contributed by atoms with Gasteiger partial charge in [0.1, 0.15) is 0 Å². The molecule has 2 aliphatic rings. The molecule has 0 atom stereocenters.